The first-order valence-corrected chi connectivity index (χ1v) is 6.31. The number of halogens is 2. The minimum atomic E-state index is -0.815. The molecule has 1 saturated heterocycles. The summed E-state index contributed by atoms with van der Waals surface area (Å²) in [6.07, 6.45) is 0.995. The van der Waals surface area contributed by atoms with Gasteiger partial charge in [0, 0.05) is 23.5 Å². The van der Waals surface area contributed by atoms with Crippen LogP contribution in [0.4, 0.5) is 8.78 Å². The van der Waals surface area contributed by atoms with Gasteiger partial charge in [-0.2, -0.15) is 11.8 Å². The molecule has 0 bridgehead atoms. The summed E-state index contributed by atoms with van der Waals surface area (Å²) in [4.78, 5) is 0. The Labute approximate surface area is 97.9 Å². The Kier molecular flexibility index (Phi) is 3.22. The third-order valence-electron chi connectivity index (χ3n) is 2.76. The van der Waals surface area contributed by atoms with Gasteiger partial charge in [-0.3, -0.25) is 0 Å². The van der Waals surface area contributed by atoms with Crippen LogP contribution in [-0.4, -0.2) is 21.7 Å². The highest BCUT2D eigenvalue weighted by molar-refractivity contribution is 8.00. The van der Waals surface area contributed by atoms with Crippen molar-refractivity contribution in [1.82, 2.24) is 0 Å². The largest absolute Gasteiger partial charge is 0.389 e. The highest BCUT2D eigenvalue weighted by atomic mass is 32.2. The number of benzene rings is 1. The average molecular weight is 244 g/mol. The third kappa shape index (κ3) is 2.74. The second kappa shape index (κ2) is 4.34. The zero-order valence-corrected chi connectivity index (χ0v) is 9.86. The summed E-state index contributed by atoms with van der Waals surface area (Å²) in [5.74, 6) is -0.540. The Morgan fingerprint density at radius 2 is 2.00 bits per heavy atom. The number of hydrogen-bond acceptors (Lipinski definition) is 2. The van der Waals surface area contributed by atoms with Crippen LogP contribution >= 0.6 is 11.8 Å². The number of rotatable bonds is 2. The molecule has 1 aromatic rings. The van der Waals surface area contributed by atoms with Crippen molar-refractivity contribution in [3.63, 3.8) is 0 Å². The van der Waals surface area contributed by atoms with Crippen LogP contribution in [-0.2, 0) is 6.42 Å². The van der Waals surface area contributed by atoms with Crippen LogP contribution in [0, 0.1) is 11.6 Å². The van der Waals surface area contributed by atoms with Crippen molar-refractivity contribution < 1.29 is 13.9 Å². The SMILES string of the molecule is CC1CC(O)(Cc2cc(F)cc(F)c2)CS1. The lowest BCUT2D eigenvalue weighted by molar-refractivity contribution is 0.0641. The summed E-state index contributed by atoms with van der Waals surface area (Å²) in [6.45, 7) is 2.05. The molecule has 1 fully saturated rings. The fourth-order valence-electron chi connectivity index (χ4n) is 2.17. The minimum Gasteiger partial charge on any atom is -0.389 e. The predicted molar refractivity (Wildman–Crippen MR) is 61.5 cm³/mol. The molecule has 0 spiro atoms. The molecule has 2 atom stereocenters. The van der Waals surface area contributed by atoms with Gasteiger partial charge in [0.25, 0.3) is 0 Å². The van der Waals surface area contributed by atoms with E-state index in [9.17, 15) is 13.9 Å². The zero-order chi connectivity index (χ0) is 11.8. The fourth-order valence-corrected chi connectivity index (χ4v) is 3.41. The van der Waals surface area contributed by atoms with Crippen LogP contribution < -0.4 is 0 Å². The number of aliphatic hydroxyl groups is 1. The standard InChI is InChI=1S/C12H14F2OS/c1-8-5-12(15,7-16-8)6-9-2-10(13)4-11(14)3-9/h2-4,8,15H,5-7H2,1H3. The topological polar surface area (TPSA) is 20.2 Å². The van der Waals surface area contributed by atoms with E-state index in [1.54, 1.807) is 11.8 Å². The van der Waals surface area contributed by atoms with E-state index in [1.165, 1.54) is 12.1 Å². The molecule has 1 nitrogen and oxygen atoms in total. The van der Waals surface area contributed by atoms with Gasteiger partial charge in [-0.25, -0.2) is 8.78 Å². The smallest absolute Gasteiger partial charge is 0.126 e. The molecular formula is C12H14F2OS. The number of hydrogen-bond donors (Lipinski definition) is 1. The van der Waals surface area contributed by atoms with Crippen LogP contribution in [0.2, 0.25) is 0 Å². The van der Waals surface area contributed by atoms with Gasteiger partial charge in [-0.05, 0) is 24.1 Å². The number of thioether (sulfide) groups is 1. The molecule has 1 aliphatic heterocycles. The normalized spacial score (nSPS) is 29.6. The third-order valence-corrected chi connectivity index (χ3v) is 4.20. The molecule has 2 rings (SSSR count). The molecule has 2 unspecified atom stereocenters. The lowest BCUT2D eigenvalue weighted by atomic mass is 9.92. The van der Waals surface area contributed by atoms with Crippen LogP contribution in [0.1, 0.15) is 18.9 Å². The van der Waals surface area contributed by atoms with E-state index in [-0.39, 0.29) is 0 Å². The summed E-state index contributed by atoms with van der Waals surface area (Å²) >= 11 is 1.69. The van der Waals surface area contributed by atoms with E-state index in [4.69, 9.17) is 0 Å². The van der Waals surface area contributed by atoms with Crippen LogP contribution in [0.25, 0.3) is 0 Å². The van der Waals surface area contributed by atoms with Crippen molar-refractivity contribution in [2.24, 2.45) is 0 Å². The summed E-state index contributed by atoms with van der Waals surface area (Å²) in [6, 6.07) is 3.42. The second-order valence-electron chi connectivity index (χ2n) is 4.50. The molecule has 88 valence electrons. The van der Waals surface area contributed by atoms with Crippen LogP contribution in [0.15, 0.2) is 18.2 Å². The maximum Gasteiger partial charge on any atom is 0.126 e. The van der Waals surface area contributed by atoms with Crippen molar-refractivity contribution >= 4 is 11.8 Å². The Hall–Kier alpha value is -0.610. The Bertz CT molecular complexity index is 376. The Morgan fingerprint density at radius 3 is 2.50 bits per heavy atom. The van der Waals surface area contributed by atoms with Crippen molar-refractivity contribution in [3.05, 3.63) is 35.4 Å². The molecule has 0 saturated carbocycles. The van der Waals surface area contributed by atoms with Crippen molar-refractivity contribution in [2.75, 3.05) is 5.75 Å². The van der Waals surface area contributed by atoms with Gasteiger partial charge in [0.05, 0.1) is 5.60 Å². The molecule has 1 aromatic carbocycles. The quantitative estimate of drug-likeness (QED) is 0.863. The van der Waals surface area contributed by atoms with E-state index in [0.29, 0.717) is 29.4 Å². The van der Waals surface area contributed by atoms with Gasteiger partial charge in [-0.1, -0.05) is 6.92 Å². The maximum absolute atomic E-state index is 13.0. The maximum atomic E-state index is 13.0. The minimum absolute atomic E-state index is 0.318. The highest BCUT2D eigenvalue weighted by Crippen LogP contribution is 2.36. The van der Waals surface area contributed by atoms with Crippen molar-refractivity contribution in [1.29, 1.82) is 0 Å². The van der Waals surface area contributed by atoms with Crippen molar-refractivity contribution in [3.8, 4) is 0 Å². The van der Waals surface area contributed by atoms with E-state index in [1.807, 2.05) is 0 Å². The van der Waals surface area contributed by atoms with E-state index >= 15 is 0 Å². The molecule has 0 amide bonds. The lowest BCUT2D eigenvalue weighted by Gasteiger charge is -2.21. The van der Waals surface area contributed by atoms with Gasteiger partial charge in [0.1, 0.15) is 11.6 Å². The van der Waals surface area contributed by atoms with Gasteiger partial charge < -0.3 is 5.11 Å². The average Bonchev–Trinajstić information content (AvgIpc) is 2.43. The highest BCUT2D eigenvalue weighted by Gasteiger charge is 2.36. The molecular weight excluding hydrogens is 230 g/mol. The summed E-state index contributed by atoms with van der Waals surface area (Å²) < 4.78 is 26.0. The molecule has 16 heavy (non-hydrogen) atoms. The van der Waals surface area contributed by atoms with Gasteiger partial charge in [-0.15, -0.1) is 0 Å². The predicted octanol–water partition coefficient (Wildman–Crippen LogP) is 2.76. The van der Waals surface area contributed by atoms with Crippen LogP contribution in [0.5, 0.6) is 0 Å². The van der Waals surface area contributed by atoms with Gasteiger partial charge in [0.2, 0.25) is 0 Å². The molecule has 4 heteroatoms. The summed E-state index contributed by atoms with van der Waals surface area (Å²) in [5.41, 5.74) is -0.292. The fraction of sp³-hybridized carbons (Fsp3) is 0.500. The van der Waals surface area contributed by atoms with Gasteiger partial charge in [0.15, 0.2) is 0 Å². The first-order valence-electron chi connectivity index (χ1n) is 5.26. The van der Waals surface area contributed by atoms with Gasteiger partial charge >= 0.3 is 0 Å². The van der Waals surface area contributed by atoms with E-state index < -0.39 is 17.2 Å². The van der Waals surface area contributed by atoms with Crippen molar-refractivity contribution in [2.45, 2.75) is 30.6 Å². The monoisotopic (exact) mass is 244 g/mol. The Balaban J connectivity index is 2.14. The molecule has 0 aromatic heterocycles. The molecule has 0 radical (unpaired) electrons. The summed E-state index contributed by atoms with van der Waals surface area (Å²) in [5, 5.41) is 10.6. The first-order chi connectivity index (χ1) is 7.47. The Morgan fingerprint density at radius 1 is 1.38 bits per heavy atom. The van der Waals surface area contributed by atoms with E-state index in [0.717, 1.165) is 6.07 Å². The first kappa shape index (κ1) is 11.9. The molecule has 1 heterocycles. The summed E-state index contributed by atoms with van der Waals surface area (Å²) in [7, 11) is 0. The van der Waals surface area contributed by atoms with Crippen LogP contribution in [0.3, 0.4) is 0 Å². The zero-order valence-electron chi connectivity index (χ0n) is 9.04. The molecule has 1 N–H and O–H groups in total. The molecule has 1 aliphatic rings. The lowest BCUT2D eigenvalue weighted by Crippen LogP contribution is -2.31. The van der Waals surface area contributed by atoms with E-state index in [2.05, 4.69) is 6.92 Å². The second-order valence-corrected chi connectivity index (χ2v) is 5.93. The molecule has 0 aliphatic carbocycles.